The summed E-state index contributed by atoms with van der Waals surface area (Å²) in [7, 11) is 1.65. The van der Waals surface area contributed by atoms with E-state index in [0.717, 1.165) is 42.6 Å². The first-order valence-corrected chi connectivity index (χ1v) is 12.6. The van der Waals surface area contributed by atoms with E-state index in [2.05, 4.69) is 29.0 Å². The van der Waals surface area contributed by atoms with Gasteiger partial charge < -0.3 is 25.4 Å². The Morgan fingerprint density at radius 3 is 2.51 bits per heavy atom. The second-order valence-electron chi connectivity index (χ2n) is 9.70. The predicted octanol–water partition coefficient (Wildman–Crippen LogP) is 5.29. The zero-order valence-corrected chi connectivity index (χ0v) is 21.4. The number of hydrogen-bond acceptors (Lipinski definition) is 7. The Morgan fingerprint density at radius 2 is 1.84 bits per heavy atom. The van der Waals surface area contributed by atoms with Gasteiger partial charge in [0.05, 0.1) is 13.7 Å². The van der Waals surface area contributed by atoms with Crippen LogP contribution in [0.4, 0.5) is 15.9 Å². The van der Waals surface area contributed by atoms with Crippen LogP contribution in [-0.2, 0) is 6.54 Å². The molecule has 8 nitrogen and oxygen atoms in total. The molecule has 4 aromatic rings. The molecular formula is C28H33FN6O2. The molecule has 0 aliphatic carbocycles. The van der Waals surface area contributed by atoms with Crippen LogP contribution in [0.5, 0.6) is 17.2 Å². The maximum Gasteiger partial charge on any atom is 0.167 e. The van der Waals surface area contributed by atoms with Crippen molar-refractivity contribution in [3.8, 4) is 17.2 Å². The molecule has 1 aliphatic heterocycles. The molecule has 2 aromatic carbocycles. The van der Waals surface area contributed by atoms with Gasteiger partial charge in [0.1, 0.15) is 16.9 Å². The lowest BCUT2D eigenvalue weighted by atomic mass is 10.0. The number of fused-ring (bicyclic) bond motifs is 1. The van der Waals surface area contributed by atoms with Crippen LogP contribution in [0.15, 0.2) is 54.7 Å². The van der Waals surface area contributed by atoms with Gasteiger partial charge in [0, 0.05) is 49.2 Å². The van der Waals surface area contributed by atoms with E-state index in [1.54, 1.807) is 25.4 Å². The molecule has 0 bridgehead atoms. The molecule has 1 fully saturated rings. The summed E-state index contributed by atoms with van der Waals surface area (Å²) in [5, 5.41) is 9.28. The van der Waals surface area contributed by atoms with Gasteiger partial charge in [-0.2, -0.15) is 5.10 Å². The van der Waals surface area contributed by atoms with E-state index < -0.39 is 5.82 Å². The maximum absolute atomic E-state index is 14.6. The topological polar surface area (TPSA) is 90.5 Å². The number of methoxy groups -OCH3 is 1. The van der Waals surface area contributed by atoms with Crippen molar-refractivity contribution in [1.29, 1.82) is 0 Å². The second-order valence-corrected chi connectivity index (χ2v) is 9.70. The minimum absolute atomic E-state index is 0.0980. The normalized spacial score (nSPS) is 14.8. The number of aromatic nitrogens is 3. The third kappa shape index (κ3) is 5.46. The number of piperidine rings is 1. The van der Waals surface area contributed by atoms with Crippen LogP contribution < -0.4 is 20.5 Å². The van der Waals surface area contributed by atoms with Crippen molar-refractivity contribution in [2.75, 3.05) is 31.2 Å². The Hall–Kier alpha value is -3.85. The highest BCUT2D eigenvalue weighted by Crippen LogP contribution is 2.36. The van der Waals surface area contributed by atoms with Crippen LogP contribution in [0.1, 0.15) is 32.3 Å². The third-order valence-corrected chi connectivity index (χ3v) is 6.86. The Bertz CT molecular complexity index is 1360. The summed E-state index contributed by atoms with van der Waals surface area (Å²) in [6.45, 7) is 7.03. The number of hydrogen-bond donors (Lipinski definition) is 2. The van der Waals surface area contributed by atoms with Gasteiger partial charge in [-0.05, 0) is 56.5 Å². The molecule has 1 saturated heterocycles. The van der Waals surface area contributed by atoms with E-state index in [1.807, 2.05) is 28.9 Å². The summed E-state index contributed by atoms with van der Waals surface area (Å²) in [4.78, 5) is 7.12. The lowest BCUT2D eigenvalue weighted by Crippen LogP contribution is -2.42. The van der Waals surface area contributed by atoms with Gasteiger partial charge in [0.25, 0.3) is 0 Å². The van der Waals surface area contributed by atoms with Crippen LogP contribution in [0, 0.1) is 5.82 Å². The Morgan fingerprint density at radius 1 is 1.08 bits per heavy atom. The van der Waals surface area contributed by atoms with E-state index in [-0.39, 0.29) is 11.8 Å². The summed E-state index contributed by atoms with van der Waals surface area (Å²) >= 11 is 0. The Balaban J connectivity index is 1.50. The first-order chi connectivity index (χ1) is 17.9. The van der Waals surface area contributed by atoms with Gasteiger partial charge >= 0.3 is 0 Å². The molecule has 0 radical (unpaired) electrons. The number of nitrogen functional groups attached to an aromatic ring is 1. The Kier molecular flexibility index (Phi) is 7.14. The van der Waals surface area contributed by atoms with Crippen molar-refractivity contribution in [3.63, 3.8) is 0 Å². The molecule has 0 spiro atoms. The molecule has 3 N–H and O–H groups in total. The van der Waals surface area contributed by atoms with Gasteiger partial charge in [-0.25, -0.2) is 14.1 Å². The molecule has 0 amide bonds. The molecule has 1 aliphatic rings. The van der Waals surface area contributed by atoms with Gasteiger partial charge in [0.15, 0.2) is 23.0 Å². The third-order valence-electron chi connectivity index (χ3n) is 6.86. The highest BCUT2D eigenvalue weighted by molar-refractivity contribution is 5.93. The number of nitrogens with zero attached hydrogens (tertiary/aromatic N) is 4. The molecule has 2 aromatic heterocycles. The molecule has 0 unspecified atom stereocenters. The number of anilines is 2. The fraction of sp³-hybridized carbons (Fsp3) is 0.357. The van der Waals surface area contributed by atoms with Crippen molar-refractivity contribution in [1.82, 2.24) is 19.7 Å². The van der Waals surface area contributed by atoms with Crippen molar-refractivity contribution < 1.29 is 13.9 Å². The average Bonchev–Trinajstić information content (AvgIpc) is 3.24. The average molecular weight is 505 g/mol. The fourth-order valence-electron chi connectivity index (χ4n) is 4.74. The van der Waals surface area contributed by atoms with E-state index in [4.69, 9.17) is 20.3 Å². The number of rotatable bonds is 8. The van der Waals surface area contributed by atoms with Crippen LogP contribution in [0.25, 0.3) is 11.0 Å². The molecule has 0 saturated carbocycles. The molecule has 5 rings (SSSR count). The summed E-state index contributed by atoms with van der Waals surface area (Å²) in [6, 6.07) is 14.8. The monoisotopic (exact) mass is 504 g/mol. The standard InChI is InChI=1S/C28H33FN6O2/c1-18(2)34-14-11-21(12-15-34)32-27-26-25(37-24-9-6-20(30)16-23(24)29)10-13-31-28(26)35(33-27)17-19-4-7-22(36-3)8-5-19/h4-10,13,16,18,21H,11-12,14-15,17,30H2,1-3H3,(H,32,33). The zero-order chi connectivity index (χ0) is 25.9. The quantitative estimate of drug-likeness (QED) is 0.315. The highest BCUT2D eigenvalue weighted by Gasteiger charge is 2.24. The summed E-state index contributed by atoms with van der Waals surface area (Å²) in [5.41, 5.74) is 7.78. The lowest BCUT2D eigenvalue weighted by molar-refractivity contribution is 0.177. The zero-order valence-electron chi connectivity index (χ0n) is 21.4. The second kappa shape index (κ2) is 10.6. The summed E-state index contributed by atoms with van der Waals surface area (Å²) < 4.78 is 27.8. The SMILES string of the molecule is COc1ccc(Cn2nc(NC3CCN(C(C)C)CC3)c3c(Oc4ccc(N)cc4F)ccnc32)cc1. The van der Waals surface area contributed by atoms with Crippen LogP contribution >= 0.6 is 0 Å². The summed E-state index contributed by atoms with van der Waals surface area (Å²) in [5.74, 6) is 1.54. The number of benzene rings is 2. The molecule has 9 heteroatoms. The largest absolute Gasteiger partial charge is 0.497 e. The maximum atomic E-state index is 14.6. The number of ether oxygens (including phenoxy) is 2. The first kappa shape index (κ1) is 24.8. The molecule has 3 heterocycles. The number of nitrogens with one attached hydrogen (secondary N) is 1. The van der Waals surface area contributed by atoms with Gasteiger partial charge in [-0.15, -0.1) is 0 Å². The Labute approximate surface area is 216 Å². The predicted molar refractivity (Wildman–Crippen MR) is 144 cm³/mol. The van der Waals surface area contributed by atoms with Crippen molar-refractivity contribution in [3.05, 3.63) is 66.1 Å². The van der Waals surface area contributed by atoms with Gasteiger partial charge in [0.2, 0.25) is 0 Å². The van der Waals surface area contributed by atoms with E-state index >= 15 is 0 Å². The van der Waals surface area contributed by atoms with Crippen molar-refractivity contribution in [2.45, 2.75) is 45.3 Å². The lowest BCUT2D eigenvalue weighted by Gasteiger charge is -2.34. The molecule has 194 valence electrons. The van der Waals surface area contributed by atoms with E-state index in [0.29, 0.717) is 35.5 Å². The first-order valence-electron chi connectivity index (χ1n) is 12.6. The van der Waals surface area contributed by atoms with Crippen LogP contribution in [0.2, 0.25) is 0 Å². The van der Waals surface area contributed by atoms with E-state index in [9.17, 15) is 4.39 Å². The van der Waals surface area contributed by atoms with E-state index in [1.165, 1.54) is 12.1 Å². The minimum Gasteiger partial charge on any atom is -0.497 e. The number of pyridine rings is 1. The fourth-order valence-corrected chi connectivity index (χ4v) is 4.74. The van der Waals surface area contributed by atoms with Crippen molar-refractivity contribution >= 4 is 22.5 Å². The highest BCUT2D eigenvalue weighted by atomic mass is 19.1. The molecule has 0 atom stereocenters. The van der Waals surface area contributed by atoms with Gasteiger partial charge in [-0.1, -0.05) is 12.1 Å². The minimum atomic E-state index is -0.522. The summed E-state index contributed by atoms with van der Waals surface area (Å²) in [6.07, 6.45) is 3.67. The van der Waals surface area contributed by atoms with Gasteiger partial charge in [-0.3, -0.25) is 0 Å². The van der Waals surface area contributed by atoms with Crippen molar-refractivity contribution in [2.24, 2.45) is 0 Å². The number of nitrogens with two attached hydrogens (primary N) is 1. The van der Waals surface area contributed by atoms with Crippen LogP contribution in [0.3, 0.4) is 0 Å². The number of halogens is 1. The number of likely N-dealkylation sites (tertiary alicyclic amines) is 1. The smallest absolute Gasteiger partial charge is 0.167 e. The molecule has 37 heavy (non-hydrogen) atoms. The molecular weight excluding hydrogens is 471 g/mol. The van der Waals surface area contributed by atoms with Crippen LogP contribution in [-0.4, -0.2) is 51.9 Å².